The van der Waals surface area contributed by atoms with Crippen LogP contribution in [0.4, 0.5) is 11.4 Å². The molecule has 0 bridgehead atoms. The third-order valence-electron chi connectivity index (χ3n) is 6.42. The zero-order chi connectivity index (χ0) is 30.0. The molecule has 0 spiro atoms. The van der Waals surface area contributed by atoms with E-state index in [1.165, 1.54) is 35.2 Å². The van der Waals surface area contributed by atoms with Gasteiger partial charge in [-0.05, 0) is 48.7 Å². The van der Waals surface area contributed by atoms with Gasteiger partial charge in [-0.1, -0.05) is 68.3 Å². The molecule has 0 radical (unpaired) electrons. The zero-order valence-electron chi connectivity index (χ0n) is 22.9. The number of non-ortho nitro benzene ring substituents is 1. The minimum Gasteiger partial charge on any atom is -0.354 e. The molecule has 3 aromatic carbocycles. The molecule has 12 heteroatoms. The second-order valence-electron chi connectivity index (χ2n) is 9.32. The Hall–Kier alpha value is -3.96. The number of sulfonamides is 1. The van der Waals surface area contributed by atoms with Gasteiger partial charge < -0.3 is 10.2 Å². The summed E-state index contributed by atoms with van der Waals surface area (Å²) in [5, 5.41) is 14.8. The highest BCUT2D eigenvalue weighted by Crippen LogP contribution is 2.28. The summed E-state index contributed by atoms with van der Waals surface area (Å²) < 4.78 is 28.5. The third-order valence-corrected chi connectivity index (χ3v) is 8.46. The molecule has 3 aromatic rings. The van der Waals surface area contributed by atoms with E-state index in [1.54, 1.807) is 49.4 Å². The average Bonchev–Trinajstić information content (AvgIpc) is 2.97. The number of hydrogen-bond donors (Lipinski definition) is 1. The van der Waals surface area contributed by atoms with Crippen LogP contribution in [0.1, 0.15) is 38.7 Å². The lowest BCUT2D eigenvalue weighted by atomic mass is 10.1. The van der Waals surface area contributed by atoms with E-state index in [0.717, 1.165) is 23.2 Å². The first-order valence-corrected chi connectivity index (χ1v) is 15.0. The van der Waals surface area contributed by atoms with Crippen LogP contribution in [0.3, 0.4) is 0 Å². The molecule has 2 amide bonds. The molecule has 0 saturated heterocycles. The molecule has 10 nitrogen and oxygen atoms in total. The van der Waals surface area contributed by atoms with Crippen LogP contribution < -0.4 is 9.62 Å². The molecule has 0 aromatic heterocycles. The van der Waals surface area contributed by atoms with Gasteiger partial charge in [0.1, 0.15) is 12.6 Å². The summed E-state index contributed by atoms with van der Waals surface area (Å²) >= 11 is 6.04. The van der Waals surface area contributed by atoms with Gasteiger partial charge in [-0.3, -0.25) is 24.0 Å². The molecule has 0 unspecified atom stereocenters. The lowest BCUT2D eigenvalue weighted by Crippen LogP contribution is -2.52. The fourth-order valence-corrected chi connectivity index (χ4v) is 5.78. The van der Waals surface area contributed by atoms with Crippen molar-refractivity contribution >= 4 is 44.8 Å². The predicted octanol–water partition coefficient (Wildman–Crippen LogP) is 5.17. The molecule has 0 heterocycles. The smallest absolute Gasteiger partial charge is 0.271 e. The van der Waals surface area contributed by atoms with Gasteiger partial charge in [-0.15, -0.1) is 0 Å². The maximum absolute atomic E-state index is 14.0. The van der Waals surface area contributed by atoms with Gasteiger partial charge in [0.25, 0.3) is 15.7 Å². The van der Waals surface area contributed by atoms with Gasteiger partial charge in [-0.2, -0.15) is 0 Å². The van der Waals surface area contributed by atoms with E-state index in [2.05, 4.69) is 5.32 Å². The molecule has 0 aliphatic heterocycles. The van der Waals surface area contributed by atoms with E-state index in [9.17, 15) is 28.1 Å². The number of amides is 2. The monoisotopic (exact) mass is 600 g/mol. The summed E-state index contributed by atoms with van der Waals surface area (Å²) in [6, 6.07) is 18.5. The first-order valence-electron chi connectivity index (χ1n) is 13.2. The van der Waals surface area contributed by atoms with Crippen LogP contribution >= 0.6 is 11.6 Å². The van der Waals surface area contributed by atoms with Crippen LogP contribution in [0.2, 0.25) is 5.02 Å². The number of hydrogen-bond acceptors (Lipinski definition) is 6. The molecule has 218 valence electrons. The summed E-state index contributed by atoms with van der Waals surface area (Å²) in [7, 11) is -4.33. The van der Waals surface area contributed by atoms with Crippen molar-refractivity contribution in [3.05, 3.63) is 99.6 Å². The first-order chi connectivity index (χ1) is 19.6. The molecule has 0 aliphatic rings. The van der Waals surface area contributed by atoms with E-state index in [4.69, 9.17) is 11.6 Å². The SMILES string of the molecule is CCCCNC(=O)[C@@H](CC)N(Cc1ccc(Cl)cc1)C(=O)CN(c1cccc([N+](=O)[O-])c1)S(=O)(=O)c1ccccc1. The Morgan fingerprint density at radius 3 is 2.29 bits per heavy atom. The van der Waals surface area contributed by atoms with Crippen molar-refractivity contribution in [2.75, 3.05) is 17.4 Å². The maximum atomic E-state index is 14.0. The van der Waals surface area contributed by atoms with Gasteiger partial charge in [0, 0.05) is 30.2 Å². The molecular formula is C29H33ClN4O6S. The highest BCUT2D eigenvalue weighted by molar-refractivity contribution is 7.92. The number of rotatable bonds is 14. The molecule has 0 saturated carbocycles. The van der Waals surface area contributed by atoms with E-state index in [1.807, 2.05) is 6.92 Å². The van der Waals surface area contributed by atoms with Crippen molar-refractivity contribution in [2.45, 2.75) is 50.6 Å². The van der Waals surface area contributed by atoms with Crippen LogP contribution in [-0.4, -0.2) is 49.2 Å². The number of anilines is 1. The molecule has 0 aliphatic carbocycles. The molecule has 1 N–H and O–H groups in total. The van der Waals surface area contributed by atoms with Crippen molar-refractivity contribution in [3.8, 4) is 0 Å². The number of benzene rings is 3. The van der Waals surface area contributed by atoms with Gasteiger partial charge >= 0.3 is 0 Å². The number of nitrogens with one attached hydrogen (secondary N) is 1. The number of nitro benzene ring substituents is 1. The van der Waals surface area contributed by atoms with E-state index < -0.39 is 33.4 Å². The Labute approximate surface area is 245 Å². The molecular weight excluding hydrogens is 568 g/mol. The summed E-state index contributed by atoms with van der Waals surface area (Å²) in [5.74, 6) is -1.00. The van der Waals surface area contributed by atoms with Gasteiger partial charge in [-0.25, -0.2) is 8.42 Å². The van der Waals surface area contributed by atoms with Crippen LogP contribution in [0.5, 0.6) is 0 Å². The first kappa shape index (κ1) is 31.6. The van der Waals surface area contributed by atoms with Gasteiger partial charge in [0.15, 0.2) is 0 Å². The number of unbranched alkanes of at least 4 members (excludes halogenated alkanes) is 1. The van der Waals surface area contributed by atoms with E-state index in [0.29, 0.717) is 17.1 Å². The minimum atomic E-state index is -4.33. The van der Waals surface area contributed by atoms with E-state index in [-0.39, 0.29) is 35.1 Å². The largest absolute Gasteiger partial charge is 0.354 e. The lowest BCUT2D eigenvalue weighted by Gasteiger charge is -2.33. The summed E-state index contributed by atoms with van der Waals surface area (Å²) in [6.45, 7) is 3.53. The Balaban J connectivity index is 2.06. The average molecular weight is 601 g/mol. The number of nitro groups is 1. The van der Waals surface area contributed by atoms with Gasteiger partial charge in [0.05, 0.1) is 15.5 Å². The quantitative estimate of drug-likeness (QED) is 0.154. The van der Waals surface area contributed by atoms with Crippen LogP contribution in [0.15, 0.2) is 83.8 Å². The highest BCUT2D eigenvalue weighted by atomic mass is 35.5. The van der Waals surface area contributed by atoms with Crippen molar-refractivity contribution in [2.24, 2.45) is 0 Å². The highest BCUT2D eigenvalue weighted by Gasteiger charge is 2.34. The summed E-state index contributed by atoms with van der Waals surface area (Å²) in [5.41, 5.74) is 0.307. The van der Waals surface area contributed by atoms with Crippen LogP contribution in [0.25, 0.3) is 0 Å². The van der Waals surface area contributed by atoms with Crippen LogP contribution in [0, 0.1) is 10.1 Å². The van der Waals surface area contributed by atoms with Crippen molar-refractivity contribution < 1.29 is 22.9 Å². The summed E-state index contributed by atoms with van der Waals surface area (Å²) in [6.07, 6.45) is 1.92. The summed E-state index contributed by atoms with van der Waals surface area (Å²) in [4.78, 5) is 39.3. The molecule has 1 atom stereocenters. The molecule has 41 heavy (non-hydrogen) atoms. The Kier molecular flexibility index (Phi) is 11.2. The van der Waals surface area contributed by atoms with Crippen molar-refractivity contribution in [1.29, 1.82) is 0 Å². The van der Waals surface area contributed by atoms with Crippen molar-refractivity contribution in [3.63, 3.8) is 0 Å². The molecule has 3 rings (SSSR count). The van der Waals surface area contributed by atoms with E-state index >= 15 is 0 Å². The standard InChI is InChI=1S/C29H33ClN4O6S/c1-3-5-18-31-29(36)27(4-2)32(20-22-14-16-23(30)17-15-22)28(35)21-33(24-10-9-11-25(19-24)34(37)38)41(39,40)26-12-7-6-8-13-26/h6-17,19,27H,3-5,18,20-21H2,1-2H3,(H,31,36)/t27-/m1/s1. The number of carbonyl (C=O) groups excluding carboxylic acids is 2. The second-order valence-corrected chi connectivity index (χ2v) is 11.6. The number of nitrogens with zero attached hydrogens (tertiary/aromatic N) is 3. The zero-order valence-corrected chi connectivity index (χ0v) is 24.5. The maximum Gasteiger partial charge on any atom is 0.271 e. The lowest BCUT2D eigenvalue weighted by molar-refractivity contribution is -0.384. The Morgan fingerprint density at radius 1 is 1.00 bits per heavy atom. The fraction of sp³-hybridized carbons (Fsp3) is 0.310. The third kappa shape index (κ3) is 8.27. The van der Waals surface area contributed by atoms with Gasteiger partial charge in [0.2, 0.25) is 11.8 Å². The van der Waals surface area contributed by atoms with Crippen molar-refractivity contribution in [1.82, 2.24) is 10.2 Å². The molecule has 0 fully saturated rings. The minimum absolute atomic E-state index is 0.0177. The van der Waals surface area contributed by atoms with Crippen LogP contribution in [-0.2, 0) is 26.2 Å². The number of halogens is 1. The fourth-order valence-electron chi connectivity index (χ4n) is 4.22. The Morgan fingerprint density at radius 2 is 1.68 bits per heavy atom. The normalized spacial score (nSPS) is 11.9. The number of carbonyl (C=O) groups is 2. The topological polar surface area (TPSA) is 130 Å². The predicted molar refractivity (Wildman–Crippen MR) is 158 cm³/mol. The Bertz CT molecular complexity index is 1450. The second kappa shape index (κ2) is 14.6.